The highest BCUT2D eigenvalue weighted by molar-refractivity contribution is 6.06. The topological polar surface area (TPSA) is 110 Å². The number of benzene rings is 1. The first-order valence-corrected chi connectivity index (χ1v) is 10.0. The molecule has 0 bridgehead atoms. The molecule has 0 radical (unpaired) electrons. The van der Waals surface area contributed by atoms with Crippen molar-refractivity contribution in [2.75, 3.05) is 13.1 Å². The van der Waals surface area contributed by atoms with Crippen LogP contribution in [0.2, 0.25) is 0 Å². The van der Waals surface area contributed by atoms with Crippen molar-refractivity contribution >= 4 is 28.6 Å². The average Bonchev–Trinajstić information content (AvgIpc) is 3.04. The van der Waals surface area contributed by atoms with Crippen molar-refractivity contribution in [2.24, 2.45) is 11.1 Å². The fraction of sp³-hybridized carbons (Fsp3) is 0.524. The number of nitrogens with two attached hydrogens (primary N) is 1. The van der Waals surface area contributed by atoms with Crippen LogP contribution in [0.5, 0.6) is 0 Å². The van der Waals surface area contributed by atoms with Crippen molar-refractivity contribution in [1.82, 2.24) is 20.0 Å². The minimum absolute atomic E-state index is 0.00499. The van der Waals surface area contributed by atoms with Crippen LogP contribution in [0.3, 0.4) is 0 Å². The lowest BCUT2D eigenvalue weighted by atomic mass is 9.86. The van der Waals surface area contributed by atoms with E-state index >= 15 is 0 Å². The molecule has 2 heterocycles. The van der Waals surface area contributed by atoms with E-state index in [1.54, 1.807) is 10.7 Å². The molecule has 1 fully saturated rings. The van der Waals surface area contributed by atoms with Gasteiger partial charge in [0.05, 0.1) is 5.52 Å². The molecule has 1 atom stereocenters. The van der Waals surface area contributed by atoms with Gasteiger partial charge in [0.25, 0.3) is 5.91 Å². The number of piperidine rings is 1. The zero-order valence-corrected chi connectivity index (χ0v) is 17.3. The van der Waals surface area contributed by atoms with Crippen LogP contribution in [-0.4, -0.2) is 51.5 Å². The zero-order valence-electron chi connectivity index (χ0n) is 17.3. The van der Waals surface area contributed by atoms with Gasteiger partial charge in [0.2, 0.25) is 11.8 Å². The number of nitrogens with one attached hydrogen (secondary N) is 1. The van der Waals surface area contributed by atoms with Crippen LogP contribution < -0.4 is 11.1 Å². The third-order valence-electron chi connectivity index (χ3n) is 5.29. The van der Waals surface area contributed by atoms with Gasteiger partial charge in [-0.2, -0.15) is 5.10 Å². The van der Waals surface area contributed by atoms with Crippen molar-refractivity contribution in [3.8, 4) is 0 Å². The first kappa shape index (κ1) is 20.8. The van der Waals surface area contributed by atoms with E-state index in [1.165, 1.54) is 0 Å². The van der Waals surface area contributed by atoms with Gasteiger partial charge in [-0.3, -0.25) is 19.1 Å². The molecule has 1 aliphatic rings. The summed E-state index contributed by atoms with van der Waals surface area (Å²) in [6.07, 6.45) is 3.18. The molecule has 3 rings (SSSR count). The number of fused-ring (bicyclic) bond motifs is 1. The highest BCUT2D eigenvalue weighted by Crippen LogP contribution is 2.22. The van der Waals surface area contributed by atoms with Gasteiger partial charge in [0.1, 0.15) is 12.6 Å². The number of hydrogen-bond acceptors (Lipinski definition) is 4. The van der Waals surface area contributed by atoms with Crippen LogP contribution in [0.4, 0.5) is 0 Å². The third kappa shape index (κ3) is 4.58. The molecule has 0 unspecified atom stereocenters. The van der Waals surface area contributed by atoms with E-state index in [-0.39, 0.29) is 18.1 Å². The minimum Gasteiger partial charge on any atom is -0.368 e. The Kier molecular flexibility index (Phi) is 5.91. The Bertz CT molecular complexity index is 922. The van der Waals surface area contributed by atoms with Gasteiger partial charge in [-0.15, -0.1) is 0 Å². The number of carbonyl (C=O) groups is 3. The second-order valence-corrected chi connectivity index (χ2v) is 8.64. The van der Waals surface area contributed by atoms with Crippen molar-refractivity contribution in [3.05, 3.63) is 30.0 Å². The predicted molar refractivity (Wildman–Crippen MR) is 110 cm³/mol. The summed E-state index contributed by atoms with van der Waals surface area (Å²) in [5.41, 5.74) is 5.83. The highest BCUT2D eigenvalue weighted by atomic mass is 16.2. The molecule has 1 aliphatic heterocycles. The molecule has 1 aromatic carbocycles. The zero-order chi connectivity index (χ0) is 21.2. The van der Waals surface area contributed by atoms with Crippen molar-refractivity contribution in [1.29, 1.82) is 0 Å². The molecule has 1 aromatic heterocycles. The number of primary amides is 1. The van der Waals surface area contributed by atoms with Crippen LogP contribution in [0.15, 0.2) is 24.3 Å². The number of carbonyl (C=O) groups excluding carboxylic acids is 3. The van der Waals surface area contributed by atoms with E-state index < -0.39 is 23.3 Å². The molecular formula is C21H29N5O3. The van der Waals surface area contributed by atoms with Gasteiger partial charge in [0, 0.05) is 18.5 Å². The van der Waals surface area contributed by atoms with E-state index in [1.807, 2.05) is 43.9 Å². The van der Waals surface area contributed by atoms with Crippen LogP contribution in [0.25, 0.3) is 10.9 Å². The number of para-hydroxylation sites is 1. The van der Waals surface area contributed by atoms with Crippen molar-refractivity contribution in [3.63, 3.8) is 0 Å². The molecule has 29 heavy (non-hydrogen) atoms. The van der Waals surface area contributed by atoms with Crippen molar-refractivity contribution in [2.45, 2.75) is 52.6 Å². The van der Waals surface area contributed by atoms with Crippen LogP contribution in [0, 0.1) is 5.41 Å². The minimum atomic E-state index is -0.839. The molecule has 1 saturated heterocycles. The maximum absolute atomic E-state index is 12.9. The summed E-state index contributed by atoms with van der Waals surface area (Å²) >= 11 is 0. The van der Waals surface area contributed by atoms with E-state index in [0.717, 1.165) is 32.4 Å². The van der Waals surface area contributed by atoms with E-state index in [0.29, 0.717) is 10.9 Å². The summed E-state index contributed by atoms with van der Waals surface area (Å²) < 4.78 is 1.57. The number of likely N-dealkylation sites (tertiary alicyclic amines) is 1. The molecule has 2 aromatic rings. The Balaban J connectivity index is 1.88. The van der Waals surface area contributed by atoms with Crippen LogP contribution in [-0.2, 0) is 16.1 Å². The van der Waals surface area contributed by atoms with Gasteiger partial charge in [-0.25, -0.2) is 0 Å². The molecule has 0 aliphatic carbocycles. The smallest absolute Gasteiger partial charge is 0.273 e. The van der Waals surface area contributed by atoms with E-state index in [4.69, 9.17) is 5.73 Å². The molecular weight excluding hydrogens is 370 g/mol. The van der Waals surface area contributed by atoms with E-state index in [2.05, 4.69) is 10.4 Å². The fourth-order valence-corrected chi connectivity index (χ4v) is 3.70. The predicted octanol–water partition coefficient (Wildman–Crippen LogP) is 1.68. The van der Waals surface area contributed by atoms with Gasteiger partial charge in [0.15, 0.2) is 5.69 Å². The molecule has 3 N–H and O–H groups in total. The number of rotatable bonds is 5. The maximum Gasteiger partial charge on any atom is 0.273 e. The highest BCUT2D eigenvalue weighted by Gasteiger charge is 2.32. The normalized spacial score (nSPS) is 15.9. The summed E-state index contributed by atoms with van der Waals surface area (Å²) in [7, 11) is 0. The third-order valence-corrected chi connectivity index (χ3v) is 5.29. The first-order valence-electron chi connectivity index (χ1n) is 10.0. The summed E-state index contributed by atoms with van der Waals surface area (Å²) in [4.78, 5) is 39.3. The molecule has 3 amide bonds. The summed E-state index contributed by atoms with van der Waals surface area (Å²) in [6, 6.07) is 6.43. The molecule has 0 spiro atoms. The van der Waals surface area contributed by atoms with Crippen molar-refractivity contribution < 1.29 is 14.4 Å². The maximum atomic E-state index is 12.9. The van der Waals surface area contributed by atoms with Crippen LogP contribution >= 0.6 is 0 Å². The average molecular weight is 399 g/mol. The van der Waals surface area contributed by atoms with Gasteiger partial charge in [-0.1, -0.05) is 39.0 Å². The van der Waals surface area contributed by atoms with E-state index in [9.17, 15) is 14.4 Å². The Labute approximate surface area is 170 Å². The lowest BCUT2D eigenvalue weighted by Crippen LogP contribution is -2.52. The van der Waals surface area contributed by atoms with Gasteiger partial charge in [-0.05, 0) is 30.7 Å². The molecule has 0 saturated carbocycles. The standard InChI is InChI=1S/C21H29N5O3/c1-21(2,3)18(19(22)28)23-20(29)17-14-9-5-6-10-15(14)26(24-17)13-16(27)25-11-7-4-8-12-25/h5-6,9-10,18H,4,7-8,11-13H2,1-3H3,(H2,22,28)(H,23,29)/t18-/m1/s1. The second-order valence-electron chi connectivity index (χ2n) is 8.64. The van der Waals surface area contributed by atoms with Gasteiger partial charge >= 0.3 is 0 Å². The monoisotopic (exact) mass is 399 g/mol. The summed E-state index contributed by atoms with van der Waals surface area (Å²) in [5, 5.41) is 7.77. The van der Waals surface area contributed by atoms with Gasteiger partial charge < -0.3 is 16.0 Å². The summed E-state index contributed by atoms with van der Waals surface area (Å²) in [6.45, 7) is 7.09. The Hall–Kier alpha value is -2.90. The number of hydrogen-bond donors (Lipinski definition) is 2. The Morgan fingerprint density at radius 2 is 1.79 bits per heavy atom. The molecule has 8 nitrogen and oxygen atoms in total. The Morgan fingerprint density at radius 3 is 2.41 bits per heavy atom. The first-order chi connectivity index (χ1) is 13.7. The Morgan fingerprint density at radius 1 is 1.14 bits per heavy atom. The lowest BCUT2D eigenvalue weighted by molar-refractivity contribution is -0.132. The van der Waals surface area contributed by atoms with Crippen LogP contribution in [0.1, 0.15) is 50.5 Å². The SMILES string of the molecule is CC(C)(C)[C@H](NC(=O)c1nn(CC(=O)N2CCCCC2)c2ccccc12)C(N)=O. The molecule has 156 valence electrons. The second kappa shape index (κ2) is 8.23. The fourth-order valence-electron chi connectivity index (χ4n) is 3.70. The quantitative estimate of drug-likeness (QED) is 0.797. The number of amides is 3. The molecule has 8 heteroatoms. The largest absolute Gasteiger partial charge is 0.368 e. The number of aromatic nitrogens is 2. The number of nitrogens with zero attached hydrogens (tertiary/aromatic N) is 3. The lowest BCUT2D eigenvalue weighted by Gasteiger charge is -2.28. The summed E-state index contributed by atoms with van der Waals surface area (Å²) in [5.74, 6) is -1.09.